The molecule has 0 aromatic heterocycles. The highest BCUT2D eigenvalue weighted by atomic mass is 32.2. The van der Waals surface area contributed by atoms with Gasteiger partial charge in [-0.1, -0.05) is 30.3 Å². The molecule has 0 radical (unpaired) electrons. The van der Waals surface area contributed by atoms with Crippen LogP contribution in [0.2, 0.25) is 0 Å². The first-order valence-electron chi connectivity index (χ1n) is 10.1. The van der Waals surface area contributed by atoms with Crippen molar-refractivity contribution in [2.24, 2.45) is 0 Å². The van der Waals surface area contributed by atoms with Crippen molar-refractivity contribution in [3.8, 4) is 5.75 Å². The maximum Gasteiger partial charge on any atom is 0.255 e. The average molecular weight is 454 g/mol. The molecule has 0 unspecified atom stereocenters. The number of hydrogen-bond donors (Lipinski definition) is 2. The van der Waals surface area contributed by atoms with Crippen molar-refractivity contribution in [1.29, 1.82) is 0 Å². The summed E-state index contributed by atoms with van der Waals surface area (Å²) in [7, 11) is -0.551. The molecule has 0 fully saturated rings. The molecule has 168 valence electrons. The number of amides is 1. The van der Waals surface area contributed by atoms with E-state index in [1.807, 2.05) is 60.5 Å². The lowest BCUT2D eigenvalue weighted by Gasteiger charge is -2.23. The molecule has 3 aromatic carbocycles. The lowest BCUT2D eigenvalue weighted by atomic mass is 10.1. The number of ether oxygens (including phenoxy) is 1. The molecule has 0 bridgehead atoms. The van der Waals surface area contributed by atoms with Crippen molar-refractivity contribution in [2.75, 3.05) is 24.4 Å². The lowest BCUT2D eigenvalue weighted by molar-refractivity contribution is 0.102. The predicted molar refractivity (Wildman–Crippen MR) is 127 cm³/mol. The van der Waals surface area contributed by atoms with Crippen LogP contribution in [-0.4, -0.2) is 34.5 Å². The molecule has 3 aromatic rings. The summed E-state index contributed by atoms with van der Waals surface area (Å²) in [4.78, 5) is 14.9. The Morgan fingerprint density at radius 3 is 2.28 bits per heavy atom. The first kappa shape index (κ1) is 23.3. The van der Waals surface area contributed by atoms with Gasteiger partial charge in [0, 0.05) is 24.3 Å². The van der Waals surface area contributed by atoms with Crippen LogP contribution in [0.25, 0.3) is 0 Å². The Morgan fingerprint density at radius 2 is 1.62 bits per heavy atom. The van der Waals surface area contributed by atoms with Gasteiger partial charge in [0.05, 0.1) is 18.5 Å². The van der Waals surface area contributed by atoms with Gasteiger partial charge in [-0.25, -0.2) is 13.1 Å². The molecule has 8 heteroatoms. The Balaban J connectivity index is 1.93. The third-order valence-corrected chi connectivity index (χ3v) is 6.44. The van der Waals surface area contributed by atoms with E-state index in [0.29, 0.717) is 5.69 Å². The largest absolute Gasteiger partial charge is 0.495 e. The highest BCUT2D eigenvalue weighted by Gasteiger charge is 2.23. The van der Waals surface area contributed by atoms with Gasteiger partial charge in [0.25, 0.3) is 5.91 Å². The van der Waals surface area contributed by atoms with Gasteiger partial charge in [-0.3, -0.25) is 4.79 Å². The number of para-hydroxylation sites is 3. The van der Waals surface area contributed by atoms with Crippen LogP contribution in [0.1, 0.15) is 24.2 Å². The molecule has 0 spiro atoms. The van der Waals surface area contributed by atoms with Crippen molar-refractivity contribution in [3.05, 3.63) is 78.4 Å². The summed E-state index contributed by atoms with van der Waals surface area (Å²) in [6.07, 6.45) is 0. The third-order valence-electron chi connectivity index (χ3n) is 4.76. The van der Waals surface area contributed by atoms with E-state index in [1.165, 1.54) is 25.3 Å². The molecule has 0 atom stereocenters. The van der Waals surface area contributed by atoms with Crippen molar-refractivity contribution in [2.45, 2.75) is 24.8 Å². The summed E-state index contributed by atoms with van der Waals surface area (Å²) >= 11 is 0. The number of carbonyl (C=O) groups is 1. The number of nitrogens with zero attached hydrogens (tertiary/aromatic N) is 1. The standard InChI is InChI=1S/C24H27N3O4S/c1-17(2)26-32(29,30)23-16-18(14-15-22(23)31-4)24(28)25-20-12-8-9-13-21(20)27(3)19-10-6-5-7-11-19/h5-17,26H,1-4H3,(H,25,28). The second-order valence-corrected chi connectivity index (χ2v) is 9.19. The highest BCUT2D eigenvalue weighted by molar-refractivity contribution is 7.89. The molecular formula is C24H27N3O4S. The van der Waals surface area contributed by atoms with Crippen LogP contribution >= 0.6 is 0 Å². The zero-order valence-electron chi connectivity index (χ0n) is 18.5. The van der Waals surface area contributed by atoms with Crippen LogP contribution in [0.15, 0.2) is 77.7 Å². The van der Waals surface area contributed by atoms with Crippen molar-refractivity contribution in [3.63, 3.8) is 0 Å². The minimum atomic E-state index is -3.85. The molecule has 7 nitrogen and oxygen atoms in total. The molecule has 0 saturated heterocycles. The maximum atomic E-state index is 13.0. The Labute approximate surface area is 189 Å². The van der Waals surface area contributed by atoms with Gasteiger partial charge in [0.15, 0.2) is 0 Å². The first-order chi connectivity index (χ1) is 15.2. The fourth-order valence-corrected chi connectivity index (χ4v) is 4.70. The first-order valence-corrected chi connectivity index (χ1v) is 11.6. The molecule has 0 aliphatic rings. The summed E-state index contributed by atoms with van der Waals surface area (Å²) in [5, 5.41) is 2.90. The Kier molecular flexibility index (Phi) is 7.17. The van der Waals surface area contributed by atoms with Gasteiger partial charge in [-0.15, -0.1) is 0 Å². The van der Waals surface area contributed by atoms with Gasteiger partial charge in [-0.05, 0) is 56.3 Å². The molecular weight excluding hydrogens is 426 g/mol. The second-order valence-electron chi connectivity index (χ2n) is 7.51. The molecule has 3 rings (SSSR count). The maximum absolute atomic E-state index is 13.0. The second kappa shape index (κ2) is 9.84. The van der Waals surface area contributed by atoms with Gasteiger partial charge in [0.1, 0.15) is 10.6 Å². The minimum Gasteiger partial charge on any atom is -0.495 e. The summed E-state index contributed by atoms with van der Waals surface area (Å²) in [5.41, 5.74) is 2.57. The van der Waals surface area contributed by atoms with E-state index in [-0.39, 0.29) is 22.3 Å². The van der Waals surface area contributed by atoms with E-state index in [9.17, 15) is 13.2 Å². The molecule has 32 heavy (non-hydrogen) atoms. The van der Waals surface area contributed by atoms with Crippen LogP contribution < -0.4 is 19.7 Å². The topological polar surface area (TPSA) is 87.7 Å². The normalized spacial score (nSPS) is 11.3. The fraction of sp³-hybridized carbons (Fsp3) is 0.208. The quantitative estimate of drug-likeness (QED) is 0.528. The van der Waals surface area contributed by atoms with E-state index in [2.05, 4.69) is 10.0 Å². The lowest BCUT2D eigenvalue weighted by Crippen LogP contribution is -2.30. The number of hydrogen-bond acceptors (Lipinski definition) is 5. The van der Waals surface area contributed by atoms with Crippen molar-refractivity contribution < 1.29 is 17.9 Å². The zero-order valence-corrected chi connectivity index (χ0v) is 19.3. The Bertz CT molecular complexity index is 1190. The van der Waals surface area contributed by atoms with Crippen molar-refractivity contribution in [1.82, 2.24) is 4.72 Å². The van der Waals surface area contributed by atoms with E-state index < -0.39 is 15.9 Å². The Hall–Kier alpha value is -3.36. The summed E-state index contributed by atoms with van der Waals surface area (Å²) < 4.78 is 33.2. The number of carbonyl (C=O) groups excluding carboxylic acids is 1. The van der Waals surface area contributed by atoms with Crippen LogP contribution in [0, 0.1) is 0 Å². The fourth-order valence-electron chi connectivity index (χ4n) is 3.26. The van der Waals surface area contributed by atoms with Crippen molar-refractivity contribution >= 4 is 33.0 Å². The summed E-state index contributed by atoms with van der Waals surface area (Å²) in [5.74, 6) is -0.263. The van der Waals surface area contributed by atoms with E-state index in [0.717, 1.165) is 11.4 Å². The number of benzene rings is 3. The molecule has 0 saturated carbocycles. The van der Waals surface area contributed by atoms with Gasteiger partial charge >= 0.3 is 0 Å². The van der Waals surface area contributed by atoms with Gasteiger partial charge in [0.2, 0.25) is 10.0 Å². The third kappa shape index (κ3) is 5.27. The van der Waals surface area contributed by atoms with Crippen LogP contribution in [-0.2, 0) is 10.0 Å². The van der Waals surface area contributed by atoms with Gasteiger partial charge < -0.3 is 15.0 Å². The van der Waals surface area contributed by atoms with E-state index in [4.69, 9.17) is 4.74 Å². The van der Waals surface area contributed by atoms with E-state index >= 15 is 0 Å². The number of nitrogens with one attached hydrogen (secondary N) is 2. The number of methoxy groups -OCH3 is 1. The predicted octanol–water partition coefficient (Wildman–Crippen LogP) is 4.40. The monoisotopic (exact) mass is 453 g/mol. The molecule has 2 N–H and O–H groups in total. The van der Waals surface area contributed by atoms with Crippen LogP contribution in [0.5, 0.6) is 5.75 Å². The summed E-state index contributed by atoms with van der Waals surface area (Å²) in [6, 6.07) is 21.2. The zero-order chi connectivity index (χ0) is 23.3. The number of rotatable bonds is 8. The molecule has 0 aliphatic heterocycles. The minimum absolute atomic E-state index is 0.0870. The SMILES string of the molecule is COc1ccc(C(=O)Nc2ccccc2N(C)c2ccccc2)cc1S(=O)(=O)NC(C)C. The smallest absolute Gasteiger partial charge is 0.255 e. The number of sulfonamides is 1. The highest BCUT2D eigenvalue weighted by Crippen LogP contribution is 2.31. The summed E-state index contributed by atoms with van der Waals surface area (Å²) in [6.45, 7) is 3.45. The van der Waals surface area contributed by atoms with Gasteiger partial charge in [-0.2, -0.15) is 0 Å². The Morgan fingerprint density at radius 1 is 0.969 bits per heavy atom. The number of anilines is 3. The van der Waals surface area contributed by atoms with E-state index in [1.54, 1.807) is 19.9 Å². The van der Waals surface area contributed by atoms with Crippen LogP contribution in [0.3, 0.4) is 0 Å². The average Bonchev–Trinajstić information content (AvgIpc) is 2.78. The molecule has 0 heterocycles. The van der Waals surface area contributed by atoms with Crippen LogP contribution in [0.4, 0.5) is 17.1 Å². The molecule has 0 aliphatic carbocycles. The molecule has 1 amide bonds.